The van der Waals surface area contributed by atoms with Crippen LogP contribution in [0.5, 0.6) is 0 Å². The molecule has 0 heterocycles. The summed E-state index contributed by atoms with van der Waals surface area (Å²) in [7, 11) is 0. The van der Waals surface area contributed by atoms with E-state index in [0.717, 1.165) is 23.2 Å². The zero-order valence-corrected chi connectivity index (χ0v) is 8.67. The lowest BCUT2D eigenvalue weighted by Gasteiger charge is -2.28. The molecule has 4 unspecified atom stereocenters. The normalized spacial score (nSPS) is 65.2. The molecule has 4 rings (SSSR count). The van der Waals surface area contributed by atoms with Crippen LogP contribution in [0.25, 0.3) is 0 Å². The molecule has 0 saturated heterocycles. The van der Waals surface area contributed by atoms with Crippen LogP contribution in [0.3, 0.4) is 0 Å². The van der Waals surface area contributed by atoms with Crippen molar-refractivity contribution >= 4 is 0 Å². The predicted molar refractivity (Wildman–Crippen MR) is 50.7 cm³/mol. The minimum absolute atomic E-state index is 0.860. The summed E-state index contributed by atoms with van der Waals surface area (Å²) in [6.07, 6.45) is 1.43. The summed E-state index contributed by atoms with van der Waals surface area (Å²) in [5.74, 6) is 6.66. The molecule has 4 aliphatic carbocycles. The zero-order valence-electron chi connectivity index (χ0n) is 8.67. The van der Waals surface area contributed by atoms with E-state index in [1.807, 2.05) is 0 Å². The van der Waals surface area contributed by atoms with Crippen LogP contribution in [0.4, 0.5) is 0 Å². The van der Waals surface area contributed by atoms with Gasteiger partial charge in [-0.1, -0.05) is 34.1 Å². The van der Waals surface area contributed by atoms with E-state index in [4.69, 9.17) is 0 Å². The van der Waals surface area contributed by atoms with Crippen LogP contribution in [-0.2, 0) is 0 Å². The molecule has 0 amide bonds. The van der Waals surface area contributed by atoms with Gasteiger partial charge in [-0.15, -0.1) is 0 Å². The van der Waals surface area contributed by atoms with E-state index < -0.39 is 0 Å². The Balaban J connectivity index is 1.93. The Labute approximate surface area is 75.7 Å². The highest BCUT2D eigenvalue weighted by atomic mass is 15.0. The van der Waals surface area contributed by atoms with E-state index in [0.29, 0.717) is 0 Å². The van der Waals surface area contributed by atoms with Gasteiger partial charge in [0, 0.05) is 0 Å². The molecule has 0 aromatic carbocycles. The van der Waals surface area contributed by atoms with E-state index in [1.54, 1.807) is 0 Å². The SMILES string of the molecule is CCC1C(C)C2C3C2C13C(C)C. The molecule has 0 heteroatoms. The lowest BCUT2D eigenvalue weighted by molar-refractivity contribution is 0.196. The quantitative estimate of drug-likeness (QED) is 0.588. The Morgan fingerprint density at radius 1 is 1.25 bits per heavy atom. The van der Waals surface area contributed by atoms with E-state index in [1.165, 1.54) is 24.2 Å². The highest BCUT2D eigenvalue weighted by Crippen LogP contribution is 2.95. The summed E-state index contributed by atoms with van der Waals surface area (Å²) in [6, 6.07) is 0. The molecule has 2 bridgehead atoms. The molecule has 4 saturated carbocycles. The van der Waals surface area contributed by atoms with Gasteiger partial charge in [-0.05, 0) is 40.9 Å². The maximum absolute atomic E-state index is 2.50. The highest BCUT2D eigenvalue weighted by molar-refractivity contribution is 5.38. The minimum Gasteiger partial charge on any atom is -0.0651 e. The highest BCUT2D eigenvalue weighted by Gasteiger charge is 2.92. The third-order valence-electron chi connectivity index (χ3n) is 5.44. The van der Waals surface area contributed by atoms with Gasteiger partial charge in [0.2, 0.25) is 0 Å². The molecule has 0 nitrogen and oxygen atoms in total. The van der Waals surface area contributed by atoms with Crippen LogP contribution in [0.1, 0.15) is 34.1 Å². The minimum atomic E-state index is 0.860. The Morgan fingerprint density at radius 2 is 1.83 bits per heavy atom. The Kier molecular flexibility index (Phi) is 1.09. The maximum atomic E-state index is 2.50. The summed E-state index contributed by atoms with van der Waals surface area (Å²) in [5, 5.41) is 0. The molecule has 0 radical (unpaired) electrons. The third kappa shape index (κ3) is 0.459. The molecule has 4 aliphatic rings. The standard InChI is InChI=1S/C12H20/c1-5-8-7(4)9-10-11(9)12(8,10)6(2)3/h6-11H,5H2,1-4H3. The second-order valence-corrected chi connectivity index (χ2v) is 5.66. The molecule has 4 fully saturated rings. The van der Waals surface area contributed by atoms with Gasteiger partial charge in [-0.25, -0.2) is 0 Å². The van der Waals surface area contributed by atoms with Crippen molar-refractivity contribution in [3.05, 3.63) is 0 Å². The second-order valence-electron chi connectivity index (χ2n) is 5.66. The average Bonchev–Trinajstić information content (AvgIpc) is 2.81. The van der Waals surface area contributed by atoms with E-state index >= 15 is 0 Å². The summed E-state index contributed by atoms with van der Waals surface area (Å²) in [4.78, 5) is 0. The summed E-state index contributed by atoms with van der Waals surface area (Å²) >= 11 is 0. The van der Waals surface area contributed by atoms with Crippen molar-refractivity contribution in [2.24, 2.45) is 40.9 Å². The maximum Gasteiger partial charge on any atom is -0.0175 e. The van der Waals surface area contributed by atoms with E-state index in [9.17, 15) is 0 Å². The Bertz CT molecular complexity index is 218. The molecule has 0 spiro atoms. The average molecular weight is 164 g/mol. The first-order valence-corrected chi connectivity index (χ1v) is 5.67. The molecular formula is C12H20. The summed E-state index contributed by atoms with van der Waals surface area (Å²) in [6.45, 7) is 9.79. The fourth-order valence-electron chi connectivity index (χ4n) is 5.16. The third-order valence-corrected chi connectivity index (χ3v) is 5.44. The van der Waals surface area contributed by atoms with Crippen LogP contribution in [0, 0.1) is 40.9 Å². The van der Waals surface area contributed by atoms with Crippen LogP contribution < -0.4 is 0 Å². The molecule has 0 N–H and O–H groups in total. The fraction of sp³-hybridized carbons (Fsp3) is 1.00. The number of rotatable bonds is 2. The largest absolute Gasteiger partial charge is 0.0651 e. The zero-order chi connectivity index (χ0) is 8.67. The van der Waals surface area contributed by atoms with Crippen LogP contribution in [-0.4, -0.2) is 0 Å². The molecule has 0 aromatic heterocycles. The predicted octanol–water partition coefficient (Wildman–Crippen LogP) is 3.18. The molecule has 4 atom stereocenters. The van der Waals surface area contributed by atoms with Gasteiger partial charge in [0.1, 0.15) is 0 Å². The first-order valence-electron chi connectivity index (χ1n) is 5.67. The van der Waals surface area contributed by atoms with Crippen molar-refractivity contribution in [2.75, 3.05) is 0 Å². The lowest BCUT2D eigenvalue weighted by atomic mass is 9.76. The van der Waals surface area contributed by atoms with Crippen molar-refractivity contribution in [3.8, 4) is 0 Å². The number of hydrogen-bond donors (Lipinski definition) is 0. The van der Waals surface area contributed by atoms with Crippen molar-refractivity contribution in [2.45, 2.75) is 34.1 Å². The van der Waals surface area contributed by atoms with Gasteiger partial charge in [0.15, 0.2) is 0 Å². The van der Waals surface area contributed by atoms with Gasteiger partial charge in [0.25, 0.3) is 0 Å². The smallest absolute Gasteiger partial charge is 0.0175 e. The van der Waals surface area contributed by atoms with Crippen molar-refractivity contribution < 1.29 is 0 Å². The molecule has 0 aliphatic heterocycles. The van der Waals surface area contributed by atoms with Gasteiger partial charge in [-0.3, -0.25) is 0 Å². The monoisotopic (exact) mass is 164 g/mol. The van der Waals surface area contributed by atoms with Gasteiger partial charge >= 0.3 is 0 Å². The Hall–Kier alpha value is 0. The lowest BCUT2D eigenvalue weighted by Crippen LogP contribution is -2.23. The van der Waals surface area contributed by atoms with Crippen molar-refractivity contribution in [3.63, 3.8) is 0 Å². The molecular weight excluding hydrogens is 144 g/mol. The topological polar surface area (TPSA) is 0 Å². The number of hydrogen-bond acceptors (Lipinski definition) is 0. The molecule has 12 heavy (non-hydrogen) atoms. The van der Waals surface area contributed by atoms with E-state index in [2.05, 4.69) is 27.7 Å². The molecule has 68 valence electrons. The van der Waals surface area contributed by atoms with Crippen LogP contribution in [0.15, 0.2) is 0 Å². The van der Waals surface area contributed by atoms with Gasteiger partial charge in [0.05, 0.1) is 0 Å². The Morgan fingerprint density at radius 3 is 2.17 bits per heavy atom. The summed E-state index contributed by atoms with van der Waals surface area (Å²) < 4.78 is 0. The van der Waals surface area contributed by atoms with Crippen LogP contribution in [0.2, 0.25) is 0 Å². The van der Waals surface area contributed by atoms with Gasteiger partial charge in [-0.2, -0.15) is 0 Å². The first kappa shape index (κ1) is 7.41. The molecule has 0 aromatic rings. The van der Waals surface area contributed by atoms with Crippen molar-refractivity contribution in [1.29, 1.82) is 0 Å². The first-order chi connectivity index (χ1) is 5.67. The summed E-state index contributed by atoms with van der Waals surface area (Å²) in [5.41, 5.74) is 0.860. The number of fused-ring (bicyclic) bond motifs is 1. The van der Waals surface area contributed by atoms with Gasteiger partial charge < -0.3 is 0 Å². The fourth-order valence-corrected chi connectivity index (χ4v) is 5.16. The van der Waals surface area contributed by atoms with E-state index in [-0.39, 0.29) is 0 Å². The second kappa shape index (κ2) is 1.76. The van der Waals surface area contributed by atoms with Crippen molar-refractivity contribution in [1.82, 2.24) is 0 Å². The van der Waals surface area contributed by atoms with Crippen LogP contribution >= 0.6 is 0 Å².